The molecule has 0 fully saturated rings. The molecule has 0 radical (unpaired) electrons. The maximum Gasteiger partial charge on any atom is 0.251 e. The van der Waals surface area contributed by atoms with Crippen molar-refractivity contribution in [3.63, 3.8) is 0 Å². The molecule has 0 saturated carbocycles. The highest BCUT2D eigenvalue weighted by molar-refractivity contribution is 5.92. The van der Waals surface area contributed by atoms with Gasteiger partial charge in [0, 0.05) is 31.8 Å². The molecule has 0 aromatic carbocycles. The fraction of sp³-hybridized carbons (Fsp3) is 0.500. The Morgan fingerprint density at radius 2 is 2.12 bits per heavy atom. The van der Waals surface area contributed by atoms with Gasteiger partial charge in [-0.1, -0.05) is 13.0 Å². The Morgan fingerprint density at radius 3 is 2.71 bits per heavy atom. The summed E-state index contributed by atoms with van der Waals surface area (Å²) in [5, 5.41) is 0. The maximum atomic E-state index is 11.3. The number of carbonyl (C=O) groups excluding carboxylic acids is 2. The van der Waals surface area contributed by atoms with Gasteiger partial charge in [-0.25, -0.2) is 5.43 Å². The zero-order valence-corrected chi connectivity index (χ0v) is 10.2. The van der Waals surface area contributed by atoms with Crippen LogP contribution in [0.5, 0.6) is 0 Å². The van der Waals surface area contributed by atoms with Crippen LogP contribution >= 0.6 is 0 Å². The van der Waals surface area contributed by atoms with Gasteiger partial charge in [0.15, 0.2) is 0 Å². The number of amides is 2. The van der Waals surface area contributed by atoms with E-state index in [4.69, 9.17) is 0 Å². The number of nitrogens with zero attached hydrogens (tertiary/aromatic N) is 1. The van der Waals surface area contributed by atoms with Crippen LogP contribution in [0.4, 0.5) is 0 Å². The normalized spacial score (nSPS) is 14.5. The molecule has 0 aromatic rings. The van der Waals surface area contributed by atoms with E-state index in [0.717, 1.165) is 25.0 Å². The standard InChI is InChI=1S/C12H19N3O2/c1-10-7-8-12(17)15(10)9-5-3-4-6-11(16)14-13-2/h7-8,13H,1,3-6,9H2,2H3,(H,14,16). The zero-order chi connectivity index (χ0) is 12.7. The topological polar surface area (TPSA) is 61.4 Å². The van der Waals surface area contributed by atoms with E-state index in [9.17, 15) is 9.59 Å². The summed E-state index contributed by atoms with van der Waals surface area (Å²) in [7, 11) is 1.66. The van der Waals surface area contributed by atoms with Gasteiger partial charge in [-0.15, -0.1) is 0 Å². The monoisotopic (exact) mass is 237 g/mol. The molecular formula is C12H19N3O2. The average molecular weight is 237 g/mol. The number of allylic oxidation sites excluding steroid dienone is 1. The van der Waals surface area contributed by atoms with E-state index in [1.165, 1.54) is 6.08 Å². The SMILES string of the molecule is C=C1C=CC(=O)N1CCCCCC(=O)NNC. The molecule has 1 rings (SSSR count). The maximum absolute atomic E-state index is 11.3. The minimum Gasteiger partial charge on any atom is -0.309 e. The van der Waals surface area contributed by atoms with Gasteiger partial charge in [-0.2, -0.15) is 0 Å². The highest BCUT2D eigenvalue weighted by atomic mass is 16.2. The van der Waals surface area contributed by atoms with Crippen molar-refractivity contribution in [1.82, 2.24) is 15.8 Å². The first-order chi connectivity index (χ1) is 8.15. The van der Waals surface area contributed by atoms with Gasteiger partial charge in [0.25, 0.3) is 5.91 Å². The first-order valence-electron chi connectivity index (χ1n) is 5.79. The van der Waals surface area contributed by atoms with E-state index in [2.05, 4.69) is 17.4 Å². The summed E-state index contributed by atoms with van der Waals surface area (Å²) in [6, 6.07) is 0. The molecule has 17 heavy (non-hydrogen) atoms. The molecule has 0 aromatic heterocycles. The molecule has 0 atom stereocenters. The summed E-state index contributed by atoms with van der Waals surface area (Å²) >= 11 is 0. The molecule has 0 bridgehead atoms. The van der Waals surface area contributed by atoms with E-state index in [-0.39, 0.29) is 11.8 Å². The van der Waals surface area contributed by atoms with Crippen LogP contribution in [0.2, 0.25) is 0 Å². The number of hydrogen-bond acceptors (Lipinski definition) is 3. The van der Waals surface area contributed by atoms with Gasteiger partial charge in [0.05, 0.1) is 0 Å². The predicted molar refractivity (Wildman–Crippen MR) is 65.7 cm³/mol. The van der Waals surface area contributed by atoms with Gasteiger partial charge in [-0.05, 0) is 18.9 Å². The summed E-state index contributed by atoms with van der Waals surface area (Å²) in [5.41, 5.74) is 5.86. The molecule has 5 heteroatoms. The van der Waals surface area contributed by atoms with Crippen LogP contribution in [0.1, 0.15) is 25.7 Å². The molecule has 2 amide bonds. The fourth-order valence-electron chi connectivity index (χ4n) is 1.68. The highest BCUT2D eigenvalue weighted by Crippen LogP contribution is 2.14. The number of rotatable bonds is 7. The summed E-state index contributed by atoms with van der Waals surface area (Å²) in [6.45, 7) is 4.46. The van der Waals surface area contributed by atoms with Crippen molar-refractivity contribution < 1.29 is 9.59 Å². The number of hydrazine groups is 1. The lowest BCUT2D eigenvalue weighted by Crippen LogP contribution is -2.33. The lowest BCUT2D eigenvalue weighted by molar-refractivity contribution is -0.124. The number of unbranched alkanes of at least 4 members (excludes halogenated alkanes) is 2. The molecule has 0 spiro atoms. The fourth-order valence-corrected chi connectivity index (χ4v) is 1.68. The third kappa shape index (κ3) is 4.40. The molecule has 2 N–H and O–H groups in total. The molecule has 0 aliphatic carbocycles. The quantitative estimate of drug-likeness (QED) is 0.506. The molecule has 5 nitrogen and oxygen atoms in total. The van der Waals surface area contributed by atoms with Crippen molar-refractivity contribution in [2.45, 2.75) is 25.7 Å². The van der Waals surface area contributed by atoms with Crippen LogP contribution in [0, 0.1) is 0 Å². The molecule has 0 saturated heterocycles. The minimum atomic E-state index is -0.00387. The van der Waals surface area contributed by atoms with Crippen molar-refractivity contribution in [2.75, 3.05) is 13.6 Å². The second-order valence-corrected chi connectivity index (χ2v) is 3.92. The van der Waals surface area contributed by atoms with E-state index < -0.39 is 0 Å². The second kappa shape index (κ2) is 6.85. The van der Waals surface area contributed by atoms with Gasteiger partial charge in [-0.3, -0.25) is 15.0 Å². The van der Waals surface area contributed by atoms with Crippen LogP contribution in [-0.4, -0.2) is 30.3 Å². The average Bonchev–Trinajstić information content (AvgIpc) is 2.60. The zero-order valence-electron chi connectivity index (χ0n) is 10.2. The highest BCUT2D eigenvalue weighted by Gasteiger charge is 2.17. The molecule has 0 unspecified atom stereocenters. The van der Waals surface area contributed by atoms with Crippen LogP contribution in [-0.2, 0) is 9.59 Å². The molecule has 1 heterocycles. The van der Waals surface area contributed by atoms with E-state index >= 15 is 0 Å². The van der Waals surface area contributed by atoms with Crippen LogP contribution in [0.3, 0.4) is 0 Å². The Bertz CT molecular complexity index is 319. The largest absolute Gasteiger partial charge is 0.309 e. The Morgan fingerprint density at radius 1 is 1.35 bits per heavy atom. The summed E-state index contributed by atoms with van der Waals surface area (Å²) in [6.07, 6.45) is 6.41. The second-order valence-electron chi connectivity index (χ2n) is 3.92. The van der Waals surface area contributed by atoms with Crippen LogP contribution in [0.25, 0.3) is 0 Å². The smallest absolute Gasteiger partial charge is 0.251 e. The number of nitrogens with one attached hydrogen (secondary N) is 2. The molecule has 1 aliphatic heterocycles. The van der Waals surface area contributed by atoms with Crippen molar-refractivity contribution >= 4 is 11.8 Å². The van der Waals surface area contributed by atoms with Crippen LogP contribution in [0.15, 0.2) is 24.4 Å². The van der Waals surface area contributed by atoms with Crippen molar-refractivity contribution in [3.05, 3.63) is 24.4 Å². The van der Waals surface area contributed by atoms with E-state index in [0.29, 0.717) is 13.0 Å². The van der Waals surface area contributed by atoms with Gasteiger partial charge in [0.2, 0.25) is 5.91 Å². The van der Waals surface area contributed by atoms with Gasteiger partial charge in [0.1, 0.15) is 0 Å². The summed E-state index contributed by atoms with van der Waals surface area (Å²) in [5.74, 6) is -0.00116. The lowest BCUT2D eigenvalue weighted by Gasteiger charge is -2.16. The minimum absolute atomic E-state index is 0.00271. The lowest BCUT2D eigenvalue weighted by atomic mass is 10.2. The molecule has 1 aliphatic rings. The number of carbonyl (C=O) groups is 2. The van der Waals surface area contributed by atoms with Crippen molar-refractivity contribution in [3.8, 4) is 0 Å². The van der Waals surface area contributed by atoms with Crippen LogP contribution < -0.4 is 10.9 Å². The summed E-state index contributed by atoms with van der Waals surface area (Å²) in [4.78, 5) is 24.1. The predicted octanol–water partition coefficient (Wildman–Crippen LogP) is 0.709. The first kappa shape index (κ1) is 13.4. The molecular weight excluding hydrogens is 218 g/mol. The van der Waals surface area contributed by atoms with Gasteiger partial charge < -0.3 is 4.90 Å². The Balaban J connectivity index is 2.07. The van der Waals surface area contributed by atoms with Crippen molar-refractivity contribution in [1.29, 1.82) is 0 Å². The first-order valence-corrected chi connectivity index (χ1v) is 5.79. The Kier molecular flexibility index (Phi) is 5.42. The van der Waals surface area contributed by atoms with E-state index in [1.807, 2.05) is 0 Å². The Labute approximate surface area is 102 Å². The number of hydrogen-bond donors (Lipinski definition) is 2. The third-order valence-electron chi connectivity index (χ3n) is 2.58. The summed E-state index contributed by atoms with van der Waals surface area (Å²) < 4.78 is 0. The van der Waals surface area contributed by atoms with Crippen molar-refractivity contribution in [2.24, 2.45) is 0 Å². The molecule has 94 valence electrons. The third-order valence-corrected chi connectivity index (χ3v) is 2.58. The Hall–Kier alpha value is -1.62. The van der Waals surface area contributed by atoms with E-state index in [1.54, 1.807) is 18.0 Å². The van der Waals surface area contributed by atoms with Gasteiger partial charge >= 0.3 is 0 Å².